The SMILES string of the molecule is Cc1ccc(S(=O)(=O)N(CC#N)CC(N)CC(C)C)cc1. The molecule has 1 aromatic rings. The Bertz CT molecular complexity index is 588. The Kier molecular flexibility index (Phi) is 6.34. The highest BCUT2D eigenvalue weighted by atomic mass is 32.2. The smallest absolute Gasteiger partial charge is 0.244 e. The topological polar surface area (TPSA) is 87.2 Å². The number of benzene rings is 1. The summed E-state index contributed by atoms with van der Waals surface area (Å²) in [6.07, 6.45) is 0.714. The Morgan fingerprint density at radius 2 is 1.86 bits per heavy atom. The van der Waals surface area contributed by atoms with Crippen molar-refractivity contribution in [3.8, 4) is 6.07 Å². The molecular weight excluding hydrogens is 286 g/mol. The molecule has 0 saturated heterocycles. The first-order valence-electron chi connectivity index (χ1n) is 6.96. The summed E-state index contributed by atoms with van der Waals surface area (Å²) in [7, 11) is -3.68. The summed E-state index contributed by atoms with van der Waals surface area (Å²) < 4.78 is 26.3. The average Bonchev–Trinajstić information content (AvgIpc) is 2.37. The van der Waals surface area contributed by atoms with Crippen LogP contribution < -0.4 is 5.73 Å². The quantitative estimate of drug-likeness (QED) is 0.779. The van der Waals surface area contributed by atoms with Crippen molar-refractivity contribution in [3.05, 3.63) is 29.8 Å². The molecule has 0 bridgehead atoms. The molecule has 0 aliphatic rings. The fourth-order valence-corrected chi connectivity index (χ4v) is 3.52. The van der Waals surface area contributed by atoms with E-state index >= 15 is 0 Å². The van der Waals surface area contributed by atoms with Gasteiger partial charge >= 0.3 is 0 Å². The molecule has 0 heterocycles. The number of hydrogen-bond donors (Lipinski definition) is 1. The van der Waals surface area contributed by atoms with Crippen LogP contribution in [0.2, 0.25) is 0 Å². The number of aryl methyl sites for hydroxylation is 1. The van der Waals surface area contributed by atoms with Gasteiger partial charge in [-0.05, 0) is 31.4 Å². The Hall–Kier alpha value is -1.42. The van der Waals surface area contributed by atoms with Crippen molar-refractivity contribution in [2.75, 3.05) is 13.1 Å². The van der Waals surface area contributed by atoms with Crippen LogP contribution in [0.15, 0.2) is 29.2 Å². The Labute approximate surface area is 127 Å². The number of nitrogens with two attached hydrogens (primary N) is 1. The molecule has 1 aromatic carbocycles. The lowest BCUT2D eigenvalue weighted by molar-refractivity contribution is 0.379. The van der Waals surface area contributed by atoms with Crippen LogP contribution in [0.25, 0.3) is 0 Å². The minimum atomic E-state index is -3.68. The standard InChI is InChI=1S/C15H23N3O2S/c1-12(2)10-14(17)11-18(9-8-16)21(19,20)15-6-4-13(3)5-7-15/h4-7,12,14H,9-11,17H2,1-3H3. The Morgan fingerprint density at radius 1 is 1.29 bits per heavy atom. The van der Waals surface area contributed by atoms with E-state index < -0.39 is 10.0 Å². The number of nitrogens with zero attached hydrogens (tertiary/aromatic N) is 2. The van der Waals surface area contributed by atoms with Gasteiger partial charge in [-0.15, -0.1) is 0 Å². The van der Waals surface area contributed by atoms with Crippen LogP contribution in [-0.4, -0.2) is 31.9 Å². The summed E-state index contributed by atoms with van der Waals surface area (Å²) in [5.74, 6) is 0.381. The Balaban J connectivity index is 2.98. The fourth-order valence-electron chi connectivity index (χ4n) is 2.13. The first kappa shape index (κ1) is 17.6. The van der Waals surface area contributed by atoms with Crippen molar-refractivity contribution in [2.24, 2.45) is 11.7 Å². The summed E-state index contributed by atoms with van der Waals surface area (Å²) in [5.41, 5.74) is 6.97. The number of sulfonamides is 1. The van der Waals surface area contributed by atoms with E-state index in [9.17, 15) is 8.42 Å². The van der Waals surface area contributed by atoms with Gasteiger partial charge in [0.1, 0.15) is 6.54 Å². The molecule has 6 heteroatoms. The van der Waals surface area contributed by atoms with Crippen molar-refractivity contribution in [2.45, 2.75) is 38.1 Å². The van der Waals surface area contributed by atoms with Crippen LogP contribution >= 0.6 is 0 Å². The molecule has 2 N–H and O–H groups in total. The van der Waals surface area contributed by atoms with Gasteiger partial charge in [-0.2, -0.15) is 9.57 Å². The summed E-state index contributed by atoms with van der Waals surface area (Å²) in [6, 6.07) is 8.23. The summed E-state index contributed by atoms with van der Waals surface area (Å²) in [6.45, 7) is 5.91. The molecule has 0 spiro atoms. The van der Waals surface area contributed by atoms with Gasteiger partial charge in [0.25, 0.3) is 0 Å². The lowest BCUT2D eigenvalue weighted by Crippen LogP contribution is -2.41. The lowest BCUT2D eigenvalue weighted by Gasteiger charge is -2.24. The van der Waals surface area contributed by atoms with Crippen molar-refractivity contribution >= 4 is 10.0 Å². The number of hydrogen-bond acceptors (Lipinski definition) is 4. The third-order valence-corrected chi connectivity index (χ3v) is 4.94. The van der Waals surface area contributed by atoms with Gasteiger partial charge in [0.2, 0.25) is 10.0 Å². The molecule has 0 radical (unpaired) electrons. The van der Waals surface area contributed by atoms with Crippen LogP contribution in [0.3, 0.4) is 0 Å². The maximum atomic E-state index is 12.6. The lowest BCUT2D eigenvalue weighted by atomic mass is 10.0. The second kappa shape index (κ2) is 7.55. The van der Waals surface area contributed by atoms with E-state index in [0.717, 1.165) is 9.87 Å². The number of rotatable bonds is 7. The van der Waals surface area contributed by atoms with Crippen LogP contribution in [0.1, 0.15) is 25.8 Å². The van der Waals surface area contributed by atoms with Gasteiger partial charge < -0.3 is 5.73 Å². The van der Waals surface area contributed by atoms with E-state index in [-0.39, 0.29) is 24.0 Å². The minimum Gasteiger partial charge on any atom is -0.326 e. The molecule has 0 saturated carbocycles. The van der Waals surface area contributed by atoms with E-state index in [2.05, 4.69) is 0 Å². The predicted octanol–water partition coefficient (Wildman–Crippen LogP) is 1.88. The van der Waals surface area contributed by atoms with Gasteiger partial charge in [-0.1, -0.05) is 31.5 Å². The molecule has 1 unspecified atom stereocenters. The highest BCUT2D eigenvalue weighted by molar-refractivity contribution is 7.89. The van der Waals surface area contributed by atoms with Gasteiger partial charge in [-0.25, -0.2) is 8.42 Å². The summed E-state index contributed by atoms with van der Waals surface area (Å²) in [4.78, 5) is 0.195. The number of nitriles is 1. The fraction of sp³-hybridized carbons (Fsp3) is 0.533. The summed E-state index contributed by atoms with van der Waals surface area (Å²) >= 11 is 0. The molecule has 1 atom stereocenters. The van der Waals surface area contributed by atoms with Gasteiger partial charge in [0, 0.05) is 12.6 Å². The van der Waals surface area contributed by atoms with Crippen LogP contribution in [0.5, 0.6) is 0 Å². The average molecular weight is 309 g/mol. The summed E-state index contributed by atoms with van der Waals surface area (Å²) in [5, 5.41) is 8.89. The van der Waals surface area contributed by atoms with Crippen molar-refractivity contribution < 1.29 is 8.42 Å². The predicted molar refractivity (Wildman–Crippen MR) is 83.0 cm³/mol. The highest BCUT2D eigenvalue weighted by Crippen LogP contribution is 2.17. The second-order valence-electron chi connectivity index (χ2n) is 5.66. The van der Waals surface area contributed by atoms with E-state index in [4.69, 9.17) is 11.0 Å². The zero-order chi connectivity index (χ0) is 16.0. The molecular formula is C15H23N3O2S. The molecule has 21 heavy (non-hydrogen) atoms. The molecule has 0 fully saturated rings. The normalized spacial score (nSPS) is 13.4. The maximum absolute atomic E-state index is 12.6. The van der Waals surface area contributed by atoms with Crippen molar-refractivity contribution in [3.63, 3.8) is 0 Å². The first-order valence-corrected chi connectivity index (χ1v) is 8.40. The molecule has 1 rings (SSSR count). The maximum Gasteiger partial charge on any atom is 0.244 e. The molecule has 0 aliphatic heterocycles. The van der Waals surface area contributed by atoms with Crippen LogP contribution in [0, 0.1) is 24.2 Å². The van der Waals surface area contributed by atoms with Gasteiger partial charge in [0.15, 0.2) is 0 Å². The van der Waals surface area contributed by atoms with E-state index in [0.29, 0.717) is 12.3 Å². The highest BCUT2D eigenvalue weighted by Gasteiger charge is 2.26. The van der Waals surface area contributed by atoms with Crippen LogP contribution in [0.4, 0.5) is 0 Å². The van der Waals surface area contributed by atoms with E-state index in [1.807, 2.05) is 26.8 Å². The zero-order valence-electron chi connectivity index (χ0n) is 12.8. The molecule has 0 amide bonds. The molecule has 116 valence electrons. The zero-order valence-corrected chi connectivity index (χ0v) is 13.6. The van der Waals surface area contributed by atoms with Crippen molar-refractivity contribution in [1.29, 1.82) is 5.26 Å². The van der Waals surface area contributed by atoms with Gasteiger partial charge in [-0.3, -0.25) is 0 Å². The van der Waals surface area contributed by atoms with E-state index in [1.165, 1.54) is 0 Å². The van der Waals surface area contributed by atoms with E-state index in [1.54, 1.807) is 24.3 Å². The monoisotopic (exact) mass is 309 g/mol. The van der Waals surface area contributed by atoms with Crippen molar-refractivity contribution in [1.82, 2.24) is 4.31 Å². The Morgan fingerprint density at radius 3 is 2.33 bits per heavy atom. The third kappa shape index (κ3) is 5.12. The minimum absolute atomic E-state index is 0.155. The second-order valence-corrected chi connectivity index (χ2v) is 7.60. The molecule has 5 nitrogen and oxygen atoms in total. The third-order valence-electron chi connectivity index (χ3n) is 3.12. The first-order chi connectivity index (χ1) is 9.77. The largest absolute Gasteiger partial charge is 0.326 e. The van der Waals surface area contributed by atoms with Crippen LogP contribution in [-0.2, 0) is 10.0 Å². The van der Waals surface area contributed by atoms with Gasteiger partial charge in [0.05, 0.1) is 11.0 Å². The molecule has 0 aliphatic carbocycles. The molecule has 0 aromatic heterocycles.